The van der Waals surface area contributed by atoms with Crippen molar-refractivity contribution in [3.63, 3.8) is 0 Å². The molecule has 1 aromatic carbocycles. The zero-order chi connectivity index (χ0) is 16.4. The molecule has 0 unspecified atom stereocenters. The molecule has 2 aromatic heterocycles. The van der Waals surface area contributed by atoms with Crippen LogP contribution in [0.5, 0.6) is 0 Å². The maximum atomic E-state index is 11.5. The van der Waals surface area contributed by atoms with Crippen molar-refractivity contribution in [3.05, 3.63) is 68.5 Å². The van der Waals surface area contributed by atoms with Crippen LogP contribution in [0.2, 0.25) is 0 Å². The average Bonchev–Trinajstić information content (AvgIpc) is 3.07. The molecule has 0 bridgehead atoms. The monoisotopic (exact) mass is 328 g/mol. The number of aromatic nitrogens is 2. The normalized spacial score (nSPS) is 10.9. The number of carboxylic acids is 1. The Morgan fingerprint density at radius 3 is 2.57 bits per heavy atom. The molecule has 6 heteroatoms. The Hall–Kier alpha value is -2.47. The van der Waals surface area contributed by atoms with E-state index in [9.17, 15) is 9.90 Å². The van der Waals surface area contributed by atoms with E-state index in [1.165, 1.54) is 11.3 Å². The van der Waals surface area contributed by atoms with Crippen molar-refractivity contribution >= 4 is 17.3 Å². The second kappa shape index (κ2) is 6.34. The second-order valence-electron chi connectivity index (χ2n) is 5.33. The molecule has 5 nitrogen and oxygen atoms in total. The molecule has 0 saturated heterocycles. The SMILES string of the molecule is Cc1noc(C)c1Cc1nc(Cc2ccccc2)c(C(=O)O)s1. The maximum Gasteiger partial charge on any atom is 0.347 e. The molecule has 2 heterocycles. The zero-order valence-electron chi connectivity index (χ0n) is 12.9. The van der Waals surface area contributed by atoms with Crippen molar-refractivity contribution in [1.82, 2.24) is 10.1 Å². The molecule has 0 saturated carbocycles. The van der Waals surface area contributed by atoms with E-state index in [0.29, 0.717) is 23.4 Å². The fourth-order valence-electron chi connectivity index (χ4n) is 2.46. The summed E-state index contributed by atoms with van der Waals surface area (Å²) in [6, 6.07) is 9.75. The summed E-state index contributed by atoms with van der Waals surface area (Å²) < 4.78 is 5.16. The lowest BCUT2D eigenvalue weighted by Gasteiger charge is -1.99. The molecular formula is C17H16N2O3S. The Morgan fingerprint density at radius 2 is 1.96 bits per heavy atom. The first-order valence-corrected chi connectivity index (χ1v) is 8.03. The molecule has 118 valence electrons. The minimum absolute atomic E-state index is 0.301. The predicted octanol–water partition coefficient (Wildman–Crippen LogP) is 3.63. The average molecular weight is 328 g/mol. The van der Waals surface area contributed by atoms with E-state index in [-0.39, 0.29) is 0 Å². The van der Waals surface area contributed by atoms with Gasteiger partial charge in [0.15, 0.2) is 0 Å². The van der Waals surface area contributed by atoms with Crippen molar-refractivity contribution in [2.45, 2.75) is 26.7 Å². The minimum atomic E-state index is -0.932. The highest BCUT2D eigenvalue weighted by Gasteiger charge is 2.19. The van der Waals surface area contributed by atoms with Gasteiger partial charge in [0.2, 0.25) is 0 Å². The molecule has 0 atom stereocenters. The van der Waals surface area contributed by atoms with Crippen LogP contribution in [0, 0.1) is 13.8 Å². The van der Waals surface area contributed by atoms with Gasteiger partial charge in [0, 0.05) is 18.4 Å². The molecule has 3 rings (SSSR count). The third kappa shape index (κ3) is 3.32. The van der Waals surface area contributed by atoms with Crippen LogP contribution in [0.3, 0.4) is 0 Å². The van der Waals surface area contributed by atoms with Crippen molar-refractivity contribution < 1.29 is 14.4 Å². The number of carboxylic acid groups (broad SMARTS) is 1. The fourth-order valence-corrected chi connectivity index (χ4v) is 3.39. The molecule has 23 heavy (non-hydrogen) atoms. The highest BCUT2D eigenvalue weighted by Crippen LogP contribution is 2.25. The van der Waals surface area contributed by atoms with Gasteiger partial charge < -0.3 is 9.63 Å². The lowest BCUT2D eigenvalue weighted by molar-refractivity contribution is 0.0701. The van der Waals surface area contributed by atoms with E-state index in [1.54, 1.807) is 0 Å². The highest BCUT2D eigenvalue weighted by atomic mass is 32.1. The quantitative estimate of drug-likeness (QED) is 0.774. The van der Waals surface area contributed by atoms with Crippen LogP contribution in [0.4, 0.5) is 0 Å². The Kier molecular flexibility index (Phi) is 4.25. The van der Waals surface area contributed by atoms with Gasteiger partial charge in [-0.2, -0.15) is 0 Å². The van der Waals surface area contributed by atoms with Crippen LogP contribution in [-0.4, -0.2) is 21.2 Å². The molecule has 0 fully saturated rings. The van der Waals surface area contributed by atoms with Crippen LogP contribution < -0.4 is 0 Å². The summed E-state index contributed by atoms with van der Waals surface area (Å²) in [6.07, 6.45) is 1.06. The molecule has 0 spiro atoms. The summed E-state index contributed by atoms with van der Waals surface area (Å²) in [5.74, 6) is -0.183. The molecule has 3 aromatic rings. The van der Waals surface area contributed by atoms with Crippen molar-refractivity contribution in [3.8, 4) is 0 Å². The number of rotatable bonds is 5. The van der Waals surface area contributed by atoms with Crippen LogP contribution >= 0.6 is 11.3 Å². The summed E-state index contributed by atoms with van der Waals surface area (Å²) in [7, 11) is 0. The number of aryl methyl sites for hydroxylation is 2. The van der Waals surface area contributed by atoms with Gasteiger partial charge in [-0.3, -0.25) is 0 Å². The smallest absolute Gasteiger partial charge is 0.347 e. The summed E-state index contributed by atoms with van der Waals surface area (Å²) in [5.41, 5.74) is 3.45. The van der Waals surface area contributed by atoms with Gasteiger partial charge >= 0.3 is 5.97 Å². The van der Waals surface area contributed by atoms with E-state index in [1.807, 2.05) is 44.2 Å². The van der Waals surface area contributed by atoms with Crippen LogP contribution in [0.1, 0.15) is 43.0 Å². The van der Waals surface area contributed by atoms with Crippen LogP contribution in [0.25, 0.3) is 0 Å². The number of hydrogen-bond acceptors (Lipinski definition) is 5. The second-order valence-corrected chi connectivity index (χ2v) is 6.41. The van der Waals surface area contributed by atoms with E-state index in [2.05, 4.69) is 10.1 Å². The molecule has 1 N–H and O–H groups in total. The zero-order valence-corrected chi connectivity index (χ0v) is 13.7. The minimum Gasteiger partial charge on any atom is -0.477 e. The van der Waals surface area contributed by atoms with E-state index >= 15 is 0 Å². The first kappa shape index (κ1) is 15.4. The number of carbonyl (C=O) groups is 1. The number of hydrogen-bond donors (Lipinski definition) is 1. The third-order valence-corrected chi connectivity index (χ3v) is 4.75. The Morgan fingerprint density at radius 1 is 1.22 bits per heavy atom. The highest BCUT2D eigenvalue weighted by molar-refractivity contribution is 7.13. The molecule has 0 aliphatic carbocycles. The standard InChI is InChI=1S/C17H16N2O3S/c1-10-13(11(2)22-19-10)9-15-18-14(16(23-15)17(20)21)8-12-6-4-3-5-7-12/h3-7H,8-9H2,1-2H3,(H,20,21). The van der Waals surface area contributed by atoms with Gasteiger partial charge in [-0.25, -0.2) is 9.78 Å². The van der Waals surface area contributed by atoms with E-state index < -0.39 is 5.97 Å². The fraction of sp³-hybridized carbons (Fsp3) is 0.235. The van der Waals surface area contributed by atoms with Gasteiger partial charge in [-0.15, -0.1) is 11.3 Å². The third-order valence-electron chi connectivity index (χ3n) is 3.66. The van der Waals surface area contributed by atoms with Gasteiger partial charge in [0.1, 0.15) is 10.6 Å². The summed E-state index contributed by atoms with van der Waals surface area (Å²) in [6.45, 7) is 3.73. The van der Waals surface area contributed by atoms with Crippen molar-refractivity contribution in [2.24, 2.45) is 0 Å². The maximum absolute atomic E-state index is 11.5. The largest absolute Gasteiger partial charge is 0.477 e. The van der Waals surface area contributed by atoms with Gasteiger partial charge in [-0.05, 0) is 19.4 Å². The lowest BCUT2D eigenvalue weighted by Crippen LogP contribution is -2.00. The number of benzene rings is 1. The Bertz CT molecular complexity index is 817. The molecule has 0 radical (unpaired) electrons. The molecule has 0 amide bonds. The first-order chi connectivity index (χ1) is 11.0. The summed E-state index contributed by atoms with van der Waals surface area (Å²) in [5, 5.41) is 14.1. The first-order valence-electron chi connectivity index (χ1n) is 7.22. The van der Waals surface area contributed by atoms with Gasteiger partial charge in [-0.1, -0.05) is 35.5 Å². The van der Waals surface area contributed by atoms with E-state index in [4.69, 9.17) is 4.52 Å². The van der Waals surface area contributed by atoms with Gasteiger partial charge in [0.25, 0.3) is 0 Å². The summed E-state index contributed by atoms with van der Waals surface area (Å²) >= 11 is 1.22. The number of nitrogens with zero attached hydrogens (tertiary/aromatic N) is 2. The van der Waals surface area contributed by atoms with Crippen LogP contribution in [0.15, 0.2) is 34.9 Å². The van der Waals surface area contributed by atoms with Gasteiger partial charge in [0.05, 0.1) is 16.4 Å². The van der Waals surface area contributed by atoms with E-state index in [0.717, 1.165) is 27.6 Å². The van der Waals surface area contributed by atoms with Crippen LogP contribution in [-0.2, 0) is 12.8 Å². The van der Waals surface area contributed by atoms with Crippen molar-refractivity contribution in [1.29, 1.82) is 0 Å². The molecule has 0 aliphatic rings. The number of aromatic carboxylic acids is 1. The molecule has 0 aliphatic heterocycles. The Labute approximate surface area is 137 Å². The summed E-state index contributed by atoms with van der Waals surface area (Å²) in [4.78, 5) is 16.4. The lowest BCUT2D eigenvalue weighted by atomic mass is 10.1. The molecular weight excluding hydrogens is 312 g/mol. The Balaban J connectivity index is 1.91. The number of thiazole rings is 1. The topological polar surface area (TPSA) is 76.2 Å². The van der Waals surface area contributed by atoms with Crippen molar-refractivity contribution in [2.75, 3.05) is 0 Å². The predicted molar refractivity (Wildman–Crippen MR) is 87.1 cm³/mol.